The molecule has 0 saturated heterocycles. The second-order valence-electron chi connectivity index (χ2n) is 4.32. The molecule has 0 radical (unpaired) electrons. The van der Waals surface area contributed by atoms with Crippen molar-refractivity contribution >= 4 is 23.1 Å². The van der Waals surface area contributed by atoms with Crippen LogP contribution in [0.3, 0.4) is 0 Å². The molecule has 2 atom stereocenters. The number of hydrogen-bond donors (Lipinski definition) is 3. The number of nitrogens with zero attached hydrogens (tertiary/aromatic N) is 1. The van der Waals surface area contributed by atoms with Gasteiger partial charge in [0.1, 0.15) is 11.0 Å². The lowest BCUT2D eigenvalue weighted by Gasteiger charge is -2.11. The van der Waals surface area contributed by atoms with E-state index in [2.05, 4.69) is 10.3 Å². The highest BCUT2D eigenvalue weighted by Gasteiger charge is 2.22. The highest BCUT2D eigenvalue weighted by atomic mass is 35.5. The lowest BCUT2D eigenvalue weighted by Crippen LogP contribution is -2.13. The van der Waals surface area contributed by atoms with E-state index in [1.54, 1.807) is 12.1 Å². The normalized spacial score (nSPS) is 24.6. The lowest BCUT2D eigenvalue weighted by atomic mass is 10.1. The Kier molecular flexibility index (Phi) is 3.51. The molecule has 0 amide bonds. The molecule has 1 aromatic heterocycles. The molecule has 1 aliphatic rings. The van der Waals surface area contributed by atoms with Crippen LogP contribution in [0.25, 0.3) is 0 Å². The second kappa shape index (κ2) is 4.89. The maximum absolute atomic E-state index is 9.40. The highest BCUT2D eigenvalue weighted by Crippen LogP contribution is 2.25. The van der Waals surface area contributed by atoms with E-state index in [-0.39, 0.29) is 6.10 Å². The molecule has 2 unspecified atom stereocenters. The molecule has 0 spiro atoms. The summed E-state index contributed by atoms with van der Waals surface area (Å²) in [6, 6.07) is 3.38. The van der Waals surface area contributed by atoms with Gasteiger partial charge in [0.2, 0.25) is 0 Å². The Hall–Kier alpha value is -1.00. The summed E-state index contributed by atoms with van der Waals surface area (Å²) in [7, 11) is 0. The third kappa shape index (κ3) is 3.00. The summed E-state index contributed by atoms with van der Waals surface area (Å²) in [4.78, 5) is 4.13. The third-order valence-corrected chi connectivity index (χ3v) is 3.10. The number of rotatable bonds is 3. The number of anilines is 2. The fraction of sp³-hybridized carbons (Fsp3) is 0.545. The first-order valence-electron chi connectivity index (χ1n) is 5.48. The molecule has 4 N–H and O–H groups in total. The molecular weight excluding hydrogens is 226 g/mol. The van der Waals surface area contributed by atoms with E-state index in [9.17, 15) is 5.11 Å². The molecule has 1 aromatic rings. The SMILES string of the molecule is Nc1cc(Cl)nc(NCC2CCC(O)C2)c1. The number of hydrogen-bond acceptors (Lipinski definition) is 4. The Morgan fingerprint density at radius 1 is 1.50 bits per heavy atom. The maximum atomic E-state index is 9.40. The number of aliphatic hydroxyl groups is 1. The zero-order valence-electron chi connectivity index (χ0n) is 8.99. The van der Waals surface area contributed by atoms with E-state index in [0.717, 1.165) is 25.8 Å². The van der Waals surface area contributed by atoms with E-state index in [4.69, 9.17) is 17.3 Å². The average molecular weight is 242 g/mol. The van der Waals surface area contributed by atoms with Crippen molar-refractivity contribution in [2.75, 3.05) is 17.6 Å². The smallest absolute Gasteiger partial charge is 0.133 e. The van der Waals surface area contributed by atoms with Gasteiger partial charge in [-0.25, -0.2) is 4.98 Å². The first kappa shape index (κ1) is 11.5. The molecule has 4 nitrogen and oxygen atoms in total. The molecule has 88 valence electrons. The molecule has 0 bridgehead atoms. The van der Waals surface area contributed by atoms with Crippen LogP contribution in [0.5, 0.6) is 0 Å². The van der Waals surface area contributed by atoms with Crippen LogP contribution in [0.15, 0.2) is 12.1 Å². The number of aromatic nitrogens is 1. The van der Waals surface area contributed by atoms with Gasteiger partial charge in [-0.1, -0.05) is 11.6 Å². The van der Waals surface area contributed by atoms with Crippen molar-refractivity contribution < 1.29 is 5.11 Å². The first-order chi connectivity index (χ1) is 7.63. The zero-order valence-corrected chi connectivity index (χ0v) is 9.74. The second-order valence-corrected chi connectivity index (χ2v) is 4.71. The minimum absolute atomic E-state index is 0.135. The predicted molar refractivity (Wildman–Crippen MR) is 65.5 cm³/mol. The van der Waals surface area contributed by atoms with E-state index in [0.29, 0.717) is 22.6 Å². The number of pyridine rings is 1. The summed E-state index contributed by atoms with van der Waals surface area (Å²) in [5.74, 6) is 1.21. The van der Waals surface area contributed by atoms with Crippen molar-refractivity contribution in [3.63, 3.8) is 0 Å². The Morgan fingerprint density at radius 2 is 2.31 bits per heavy atom. The molecule has 0 aliphatic heterocycles. The summed E-state index contributed by atoms with van der Waals surface area (Å²) >= 11 is 5.80. The van der Waals surface area contributed by atoms with Gasteiger partial charge in [-0.05, 0) is 31.2 Å². The van der Waals surface area contributed by atoms with E-state index >= 15 is 0 Å². The molecule has 1 heterocycles. The monoisotopic (exact) mass is 241 g/mol. The van der Waals surface area contributed by atoms with Gasteiger partial charge in [0.15, 0.2) is 0 Å². The van der Waals surface area contributed by atoms with Gasteiger partial charge in [-0.3, -0.25) is 0 Å². The molecule has 1 fully saturated rings. The van der Waals surface area contributed by atoms with Crippen molar-refractivity contribution in [1.29, 1.82) is 0 Å². The summed E-state index contributed by atoms with van der Waals surface area (Å²) in [6.07, 6.45) is 2.69. The molecule has 1 saturated carbocycles. The lowest BCUT2D eigenvalue weighted by molar-refractivity contribution is 0.178. The molecule has 2 rings (SSSR count). The maximum Gasteiger partial charge on any atom is 0.133 e. The van der Waals surface area contributed by atoms with Crippen molar-refractivity contribution in [3.05, 3.63) is 17.3 Å². The van der Waals surface area contributed by atoms with Crippen LogP contribution in [0, 0.1) is 5.92 Å². The van der Waals surface area contributed by atoms with Crippen LogP contribution < -0.4 is 11.1 Å². The van der Waals surface area contributed by atoms with Gasteiger partial charge in [0.05, 0.1) is 6.10 Å². The topological polar surface area (TPSA) is 71.2 Å². The molecular formula is C11H16ClN3O. The van der Waals surface area contributed by atoms with E-state index < -0.39 is 0 Å². The Balaban J connectivity index is 1.89. The highest BCUT2D eigenvalue weighted by molar-refractivity contribution is 6.29. The predicted octanol–water partition coefficient (Wildman–Crippen LogP) is 1.89. The van der Waals surface area contributed by atoms with Crippen molar-refractivity contribution in [3.8, 4) is 0 Å². The standard InChI is InChI=1S/C11H16ClN3O/c12-10-4-8(13)5-11(15-10)14-6-7-1-2-9(16)3-7/h4-5,7,9,16H,1-3,6H2,(H3,13,14,15). The minimum atomic E-state index is -0.135. The number of nitrogens with one attached hydrogen (secondary N) is 1. The largest absolute Gasteiger partial charge is 0.399 e. The summed E-state index contributed by atoms with van der Waals surface area (Å²) < 4.78 is 0. The van der Waals surface area contributed by atoms with Crippen molar-refractivity contribution in [2.45, 2.75) is 25.4 Å². The van der Waals surface area contributed by atoms with Gasteiger partial charge in [-0.2, -0.15) is 0 Å². The Labute approximate surface area is 99.8 Å². The summed E-state index contributed by atoms with van der Waals surface area (Å²) in [5, 5.41) is 13.0. The van der Waals surface area contributed by atoms with Gasteiger partial charge in [0, 0.05) is 18.3 Å². The summed E-state index contributed by atoms with van der Waals surface area (Å²) in [6.45, 7) is 0.809. The van der Waals surface area contributed by atoms with Crippen LogP contribution in [-0.2, 0) is 0 Å². The number of nitrogen functional groups attached to an aromatic ring is 1. The van der Waals surface area contributed by atoms with Crippen LogP contribution in [0.4, 0.5) is 11.5 Å². The number of nitrogens with two attached hydrogens (primary N) is 1. The molecule has 1 aliphatic carbocycles. The van der Waals surface area contributed by atoms with Crippen LogP contribution in [-0.4, -0.2) is 22.7 Å². The molecule has 16 heavy (non-hydrogen) atoms. The van der Waals surface area contributed by atoms with Gasteiger partial charge >= 0.3 is 0 Å². The first-order valence-corrected chi connectivity index (χ1v) is 5.86. The number of halogens is 1. The third-order valence-electron chi connectivity index (χ3n) is 2.90. The fourth-order valence-electron chi connectivity index (χ4n) is 2.09. The van der Waals surface area contributed by atoms with Gasteiger partial charge in [0.25, 0.3) is 0 Å². The van der Waals surface area contributed by atoms with Crippen molar-refractivity contribution in [1.82, 2.24) is 4.98 Å². The Morgan fingerprint density at radius 3 is 2.94 bits per heavy atom. The number of aliphatic hydroxyl groups excluding tert-OH is 1. The van der Waals surface area contributed by atoms with Crippen LogP contribution in [0.1, 0.15) is 19.3 Å². The van der Waals surface area contributed by atoms with Crippen LogP contribution in [0.2, 0.25) is 5.15 Å². The quantitative estimate of drug-likeness (QED) is 0.707. The van der Waals surface area contributed by atoms with Gasteiger partial charge < -0.3 is 16.2 Å². The van der Waals surface area contributed by atoms with Gasteiger partial charge in [-0.15, -0.1) is 0 Å². The fourth-order valence-corrected chi connectivity index (χ4v) is 2.31. The molecule has 0 aromatic carbocycles. The van der Waals surface area contributed by atoms with Crippen molar-refractivity contribution in [2.24, 2.45) is 5.92 Å². The Bertz CT molecular complexity index is 352. The zero-order chi connectivity index (χ0) is 11.5. The van der Waals surface area contributed by atoms with E-state index in [1.807, 2.05) is 0 Å². The minimum Gasteiger partial charge on any atom is -0.399 e. The summed E-state index contributed by atoms with van der Waals surface area (Å²) in [5.41, 5.74) is 6.27. The average Bonchev–Trinajstić information content (AvgIpc) is 2.60. The van der Waals surface area contributed by atoms with Crippen LogP contribution >= 0.6 is 11.6 Å². The van der Waals surface area contributed by atoms with E-state index in [1.165, 1.54) is 0 Å². The molecule has 5 heteroatoms.